The van der Waals surface area contributed by atoms with E-state index in [4.69, 9.17) is 4.74 Å². The van der Waals surface area contributed by atoms with E-state index in [1.165, 1.54) is 6.33 Å². The number of aromatic nitrogens is 3. The van der Waals surface area contributed by atoms with Crippen molar-refractivity contribution in [1.82, 2.24) is 19.7 Å². The van der Waals surface area contributed by atoms with Crippen LogP contribution >= 0.6 is 0 Å². The van der Waals surface area contributed by atoms with Crippen LogP contribution in [0.25, 0.3) is 0 Å². The molecule has 7 nitrogen and oxygen atoms in total. The molecule has 1 aromatic heterocycles. The molecule has 0 bridgehead atoms. The maximum atomic E-state index is 12.5. The minimum Gasteiger partial charge on any atom is -0.484 e. The summed E-state index contributed by atoms with van der Waals surface area (Å²) in [5.41, 5.74) is 1.16. The highest BCUT2D eigenvalue weighted by Crippen LogP contribution is 2.41. The lowest BCUT2D eigenvalue weighted by Gasteiger charge is -2.34. The van der Waals surface area contributed by atoms with Gasteiger partial charge in [0.25, 0.3) is 5.91 Å². The number of aryl methyl sites for hydroxylation is 1. The van der Waals surface area contributed by atoms with Crippen LogP contribution in [0.3, 0.4) is 0 Å². The van der Waals surface area contributed by atoms with Crippen LogP contribution in [-0.4, -0.2) is 56.5 Å². The lowest BCUT2D eigenvalue weighted by Crippen LogP contribution is -2.36. The summed E-state index contributed by atoms with van der Waals surface area (Å²) in [6, 6.07) is 7.64. The number of amides is 1. The minimum atomic E-state index is -0.447. The zero-order chi connectivity index (χ0) is 18.1. The summed E-state index contributed by atoms with van der Waals surface area (Å²) in [6.45, 7) is 3.49. The highest BCUT2D eigenvalue weighted by molar-refractivity contribution is 5.78. The Labute approximate surface area is 152 Å². The SMILES string of the molecule is Cc1ccc(OCC(=O)N2C[C@H]3C[C@@H](n4cncn4)[C@H](O)C[C@H]3C2)cc1. The van der Waals surface area contributed by atoms with Gasteiger partial charge in [0.1, 0.15) is 18.4 Å². The van der Waals surface area contributed by atoms with Gasteiger partial charge in [0.15, 0.2) is 6.61 Å². The third kappa shape index (κ3) is 3.44. The molecule has 1 saturated heterocycles. The van der Waals surface area contributed by atoms with Crippen LogP contribution in [0.1, 0.15) is 24.4 Å². The fourth-order valence-corrected chi connectivity index (χ4v) is 4.15. The molecule has 1 saturated carbocycles. The minimum absolute atomic E-state index is 0.00627. The first-order valence-corrected chi connectivity index (χ1v) is 9.09. The fourth-order valence-electron chi connectivity index (χ4n) is 4.15. The Morgan fingerprint density at radius 1 is 1.23 bits per heavy atom. The maximum Gasteiger partial charge on any atom is 0.260 e. The number of carbonyl (C=O) groups excluding carboxylic acids is 1. The van der Waals surface area contributed by atoms with Gasteiger partial charge >= 0.3 is 0 Å². The molecule has 4 rings (SSSR count). The summed E-state index contributed by atoms with van der Waals surface area (Å²) in [6.07, 6.45) is 4.21. The van der Waals surface area contributed by atoms with Gasteiger partial charge in [-0.25, -0.2) is 9.67 Å². The zero-order valence-corrected chi connectivity index (χ0v) is 14.9. The van der Waals surface area contributed by atoms with Crippen molar-refractivity contribution >= 4 is 5.91 Å². The van der Waals surface area contributed by atoms with E-state index in [-0.39, 0.29) is 18.6 Å². The molecule has 2 heterocycles. The largest absolute Gasteiger partial charge is 0.484 e. The number of aliphatic hydroxyl groups excluding tert-OH is 1. The Hall–Kier alpha value is -2.41. The highest BCUT2D eigenvalue weighted by Gasteiger charge is 2.43. The van der Waals surface area contributed by atoms with Crippen LogP contribution < -0.4 is 4.74 Å². The van der Waals surface area contributed by atoms with Crippen molar-refractivity contribution in [1.29, 1.82) is 0 Å². The summed E-state index contributed by atoms with van der Waals surface area (Å²) >= 11 is 0. The van der Waals surface area contributed by atoms with Crippen LogP contribution in [0.15, 0.2) is 36.9 Å². The van der Waals surface area contributed by atoms with Crippen LogP contribution in [0, 0.1) is 18.8 Å². The molecule has 4 atom stereocenters. The summed E-state index contributed by atoms with van der Waals surface area (Å²) in [4.78, 5) is 18.4. The number of hydrogen-bond acceptors (Lipinski definition) is 5. The number of hydrogen-bond donors (Lipinski definition) is 1. The third-order valence-electron chi connectivity index (χ3n) is 5.62. The Morgan fingerprint density at radius 3 is 2.65 bits per heavy atom. The van der Waals surface area contributed by atoms with Crippen LogP contribution in [0.4, 0.5) is 0 Å². The molecular formula is C19H24N4O3. The average molecular weight is 356 g/mol. The van der Waals surface area contributed by atoms with Crippen molar-refractivity contribution in [3.8, 4) is 5.75 Å². The number of fused-ring (bicyclic) bond motifs is 1. The number of aliphatic hydroxyl groups is 1. The van der Waals surface area contributed by atoms with E-state index in [0.717, 1.165) is 18.5 Å². The fraction of sp³-hybridized carbons (Fsp3) is 0.526. The number of likely N-dealkylation sites (tertiary alicyclic amines) is 1. The molecule has 1 aliphatic carbocycles. The Kier molecular flexibility index (Phi) is 4.63. The molecule has 1 aliphatic heterocycles. The normalized spacial score (nSPS) is 28.0. The van der Waals surface area contributed by atoms with Crippen molar-refractivity contribution in [2.75, 3.05) is 19.7 Å². The first-order valence-electron chi connectivity index (χ1n) is 9.09. The Balaban J connectivity index is 1.34. The molecule has 1 aromatic carbocycles. The molecule has 7 heteroatoms. The van der Waals surface area contributed by atoms with E-state index in [1.807, 2.05) is 36.1 Å². The summed E-state index contributed by atoms with van der Waals surface area (Å²) in [7, 11) is 0. The first kappa shape index (κ1) is 17.0. The van der Waals surface area contributed by atoms with Gasteiger partial charge in [-0.05, 0) is 43.7 Å². The van der Waals surface area contributed by atoms with E-state index >= 15 is 0 Å². The van der Waals surface area contributed by atoms with Crippen molar-refractivity contribution in [2.45, 2.75) is 31.9 Å². The standard InChI is InChI=1S/C19H24N4O3/c1-13-2-4-16(5-3-13)26-10-19(25)22-8-14-6-17(23-12-20-11-21-23)18(24)7-15(14)9-22/h2-5,11-12,14-15,17-18,24H,6-10H2,1H3/t14-,15+,17-,18-/m1/s1. The number of benzene rings is 1. The van der Waals surface area contributed by atoms with Crippen LogP contribution in [0.5, 0.6) is 5.75 Å². The van der Waals surface area contributed by atoms with Gasteiger partial charge in [0.05, 0.1) is 12.1 Å². The molecule has 0 unspecified atom stereocenters. The smallest absolute Gasteiger partial charge is 0.260 e. The monoisotopic (exact) mass is 356 g/mol. The zero-order valence-electron chi connectivity index (χ0n) is 14.9. The lowest BCUT2D eigenvalue weighted by molar-refractivity contribution is -0.132. The second kappa shape index (κ2) is 7.07. The lowest BCUT2D eigenvalue weighted by atomic mass is 9.77. The van der Waals surface area contributed by atoms with E-state index in [0.29, 0.717) is 30.6 Å². The van der Waals surface area contributed by atoms with Crippen LogP contribution in [0.2, 0.25) is 0 Å². The number of rotatable bonds is 4. The quantitative estimate of drug-likeness (QED) is 0.896. The second-order valence-corrected chi connectivity index (χ2v) is 7.40. The average Bonchev–Trinajstić information content (AvgIpc) is 3.29. The Bertz CT molecular complexity index is 747. The molecule has 1 amide bonds. The molecular weight excluding hydrogens is 332 g/mol. The van der Waals surface area contributed by atoms with Crippen LogP contribution in [-0.2, 0) is 4.79 Å². The predicted octanol–water partition coefficient (Wildman–Crippen LogP) is 1.44. The molecule has 2 aliphatic rings. The molecule has 26 heavy (non-hydrogen) atoms. The van der Waals surface area contributed by atoms with Gasteiger partial charge < -0.3 is 14.7 Å². The van der Waals surface area contributed by atoms with Gasteiger partial charge in [-0.1, -0.05) is 17.7 Å². The molecule has 1 N–H and O–H groups in total. The predicted molar refractivity (Wildman–Crippen MR) is 94.5 cm³/mol. The van der Waals surface area contributed by atoms with Crippen molar-refractivity contribution in [3.05, 3.63) is 42.5 Å². The molecule has 138 valence electrons. The van der Waals surface area contributed by atoms with E-state index in [1.54, 1.807) is 11.0 Å². The molecule has 0 spiro atoms. The van der Waals surface area contributed by atoms with E-state index < -0.39 is 6.10 Å². The number of ether oxygens (including phenoxy) is 1. The topological polar surface area (TPSA) is 80.5 Å². The number of nitrogens with zero attached hydrogens (tertiary/aromatic N) is 4. The molecule has 2 fully saturated rings. The number of carbonyl (C=O) groups is 1. The van der Waals surface area contributed by atoms with Gasteiger partial charge in [-0.15, -0.1) is 0 Å². The van der Waals surface area contributed by atoms with Gasteiger partial charge in [0, 0.05) is 13.1 Å². The summed E-state index contributed by atoms with van der Waals surface area (Å²) in [5.74, 6) is 1.44. The maximum absolute atomic E-state index is 12.5. The first-order chi connectivity index (χ1) is 12.6. The van der Waals surface area contributed by atoms with Crippen molar-refractivity contribution in [3.63, 3.8) is 0 Å². The third-order valence-corrected chi connectivity index (χ3v) is 5.62. The molecule has 2 aromatic rings. The Morgan fingerprint density at radius 2 is 1.96 bits per heavy atom. The summed E-state index contributed by atoms with van der Waals surface area (Å²) < 4.78 is 7.37. The second-order valence-electron chi connectivity index (χ2n) is 7.40. The van der Waals surface area contributed by atoms with Gasteiger partial charge in [0.2, 0.25) is 0 Å². The van der Waals surface area contributed by atoms with Crippen molar-refractivity contribution in [2.24, 2.45) is 11.8 Å². The van der Waals surface area contributed by atoms with E-state index in [2.05, 4.69) is 10.1 Å². The van der Waals surface area contributed by atoms with E-state index in [9.17, 15) is 9.90 Å². The van der Waals surface area contributed by atoms with Gasteiger partial charge in [-0.2, -0.15) is 5.10 Å². The summed E-state index contributed by atoms with van der Waals surface area (Å²) in [5, 5.41) is 14.6. The van der Waals surface area contributed by atoms with Gasteiger partial charge in [-0.3, -0.25) is 4.79 Å². The van der Waals surface area contributed by atoms with Crippen molar-refractivity contribution < 1.29 is 14.6 Å². The molecule has 0 radical (unpaired) electrons. The highest BCUT2D eigenvalue weighted by atomic mass is 16.5.